The van der Waals surface area contributed by atoms with Gasteiger partial charge < -0.3 is 23.8 Å². The van der Waals surface area contributed by atoms with Crippen LogP contribution < -0.4 is 15.2 Å². The number of hydrazone groups is 1. The number of hydrogen-bond donors (Lipinski definition) is 1. The zero-order valence-electron chi connectivity index (χ0n) is 17.6. The topological polar surface area (TPSA) is 92.9 Å². The molecule has 0 bridgehead atoms. The van der Waals surface area contributed by atoms with Crippen molar-refractivity contribution in [2.45, 2.75) is 0 Å². The van der Waals surface area contributed by atoms with Gasteiger partial charge in [0, 0.05) is 55.9 Å². The molecule has 1 aromatic carbocycles. The number of hydrogen-bond acceptors (Lipinski definition) is 9. The van der Waals surface area contributed by atoms with Crippen molar-refractivity contribution < 1.29 is 9.47 Å². The third-order valence-electron chi connectivity index (χ3n) is 5.50. The predicted molar refractivity (Wildman–Crippen MR) is 120 cm³/mol. The number of anilines is 3. The van der Waals surface area contributed by atoms with Gasteiger partial charge in [0.25, 0.3) is 0 Å². The average Bonchev–Trinajstić information content (AvgIpc) is 3.16. The molecule has 0 amide bonds. The lowest BCUT2D eigenvalue weighted by Gasteiger charge is -2.30. The van der Waals surface area contributed by atoms with E-state index in [4.69, 9.17) is 14.5 Å². The van der Waals surface area contributed by atoms with Crippen LogP contribution in [0.15, 0.2) is 35.6 Å². The average molecular weight is 422 g/mol. The molecule has 2 aliphatic rings. The lowest BCUT2D eigenvalue weighted by atomic mass is 10.2. The maximum Gasteiger partial charge on any atom is 0.250 e. The molecule has 2 saturated heterocycles. The molecule has 1 N–H and O–H groups in total. The van der Waals surface area contributed by atoms with E-state index in [1.807, 2.05) is 19.2 Å². The first-order chi connectivity index (χ1) is 15.3. The second-order valence-electron chi connectivity index (χ2n) is 7.54. The Balaban J connectivity index is 1.40. The monoisotopic (exact) mass is 422 g/mol. The molecular formula is C21H26N8O2. The smallest absolute Gasteiger partial charge is 0.250 e. The number of aryl methyl sites for hydroxylation is 1. The van der Waals surface area contributed by atoms with Crippen molar-refractivity contribution >= 4 is 35.0 Å². The number of para-hydroxylation sites is 1. The minimum atomic E-state index is 0.425. The summed E-state index contributed by atoms with van der Waals surface area (Å²) in [7, 11) is 2.03. The first-order valence-corrected chi connectivity index (χ1v) is 10.5. The summed E-state index contributed by atoms with van der Waals surface area (Å²) in [6.45, 7) is 5.69. The van der Waals surface area contributed by atoms with Crippen LogP contribution >= 0.6 is 0 Å². The van der Waals surface area contributed by atoms with E-state index >= 15 is 0 Å². The van der Waals surface area contributed by atoms with Crippen LogP contribution in [0.5, 0.6) is 0 Å². The van der Waals surface area contributed by atoms with Gasteiger partial charge in [0.15, 0.2) is 0 Å². The molecule has 0 aliphatic carbocycles. The third kappa shape index (κ3) is 4.30. The highest BCUT2D eigenvalue weighted by molar-refractivity contribution is 5.99. The van der Waals surface area contributed by atoms with Gasteiger partial charge in [-0.15, -0.1) is 0 Å². The summed E-state index contributed by atoms with van der Waals surface area (Å²) in [6, 6.07) is 8.25. The van der Waals surface area contributed by atoms with Crippen LogP contribution in [-0.4, -0.2) is 78.3 Å². The fourth-order valence-electron chi connectivity index (χ4n) is 3.85. The van der Waals surface area contributed by atoms with Gasteiger partial charge in [-0.2, -0.15) is 20.1 Å². The zero-order valence-corrected chi connectivity index (χ0v) is 17.6. The van der Waals surface area contributed by atoms with Crippen molar-refractivity contribution in [3.05, 3.63) is 36.0 Å². The van der Waals surface area contributed by atoms with Gasteiger partial charge in [-0.25, -0.2) is 5.43 Å². The van der Waals surface area contributed by atoms with Crippen LogP contribution in [0.3, 0.4) is 0 Å². The maximum atomic E-state index is 5.47. The van der Waals surface area contributed by atoms with E-state index in [1.165, 1.54) is 0 Å². The second kappa shape index (κ2) is 8.86. The summed E-state index contributed by atoms with van der Waals surface area (Å²) < 4.78 is 13.0. The summed E-state index contributed by atoms with van der Waals surface area (Å²) in [5.74, 6) is 1.71. The molecule has 0 radical (unpaired) electrons. The molecule has 10 heteroatoms. The van der Waals surface area contributed by atoms with E-state index in [0.29, 0.717) is 44.3 Å². The van der Waals surface area contributed by atoms with E-state index in [1.54, 1.807) is 6.21 Å². The predicted octanol–water partition coefficient (Wildman–Crippen LogP) is 1.48. The summed E-state index contributed by atoms with van der Waals surface area (Å²) in [5, 5.41) is 5.57. The van der Waals surface area contributed by atoms with Gasteiger partial charge in [0.05, 0.1) is 32.6 Å². The number of nitrogens with one attached hydrogen (secondary N) is 1. The van der Waals surface area contributed by atoms with Crippen molar-refractivity contribution in [3.63, 3.8) is 0 Å². The van der Waals surface area contributed by atoms with E-state index in [-0.39, 0.29) is 0 Å². The van der Waals surface area contributed by atoms with Gasteiger partial charge in [0.1, 0.15) is 0 Å². The summed E-state index contributed by atoms with van der Waals surface area (Å²) in [5.41, 5.74) is 5.20. The second-order valence-corrected chi connectivity index (χ2v) is 7.54. The molecule has 2 fully saturated rings. The molecule has 0 spiro atoms. The Morgan fingerprint density at radius 3 is 2.16 bits per heavy atom. The van der Waals surface area contributed by atoms with Crippen molar-refractivity contribution in [1.29, 1.82) is 0 Å². The fraction of sp³-hybridized carbons (Fsp3) is 0.429. The molecule has 3 aromatic rings. The van der Waals surface area contributed by atoms with E-state index in [2.05, 4.69) is 53.2 Å². The molecule has 31 heavy (non-hydrogen) atoms. The molecule has 2 aliphatic heterocycles. The summed E-state index contributed by atoms with van der Waals surface area (Å²) >= 11 is 0. The molecule has 162 valence electrons. The molecule has 2 aromatic heterocycles. The van der Waals surface area contributed by atoms with Crippen molar-refractivity contribution in [2.24, 2.45) is 12.1 Å². The lowest BCUT2D eigenvalue weighted by Crippen LogP contribution is -2.40. The first kappa shape index (κ1) is 19.7. The third-order valence-corrected chi connectivity index (χ3v) is 5.50. The Morgan fingerprint density at radius 1 is 0.903 bits per heavy atom. The summed E-state index contributed by atoms with van der Waals surface area (Å²) in [4.78, 5) is 18.2. The van der Waals surface area contributed by atoms with Crippen molar-refractivity contribution in [3.8, 4) is 0 Å². The highest BCUT2D eigenvalue weighted by atomic mass is 16.5. The van der Waals surface area contributed by atoms with Gasteiger partial charge in [-0.1, -0.05) is 18.2 Å². The van der Waals surface area contributed by atoms with Crippen LogP contribution in [0.1, 0.15) is 5.56 Å². The highest BCUT2D eigenvalue weighted by Gasteiger charge is 2.20. The molecule has 0 atom stereocenters. The van der Waals surface area contributed by atoms with Crippen LogP contribution in [0.2, 0.25) is 0 Å². The van der Waals surface area contributed by atoms with E-state index in [0.717, 1.165) is 42.6 Å². The Hall–Kier alpha value is -3.24. The molecule has 0 unspecified atom stereocenters. The van der Waals surface area contributed by atoms with Gasteiger partial charge in [-0.05, 0) is 6.07 Å². The Bertz CT molecular complexity index is 1030. The lowest BCUT2D eigenvalue weighted by molar-refractivity contribution is 0.121. The van der Waals surface area contributed by atoms with Gasteiger partial charge >= 0.3 is 0 Å². The van der Waals surface area contributed by atoms with Crippen LogP contribution in [0, 0.1) is 0 Å². The maximum absolute atomic E-state index is 5.47. The largest absolute Gasteiger partial charge is 0.378 e. The number of ether oxygens (including phenoxy) is 2. The van der Waals surface area contributed by atoms with Crippen LogP contribution in [-0.2, 0) is 16.5 Å². The van der Waals surface area contributed by atoms with E-state index < -0.39 is 0 Å². The van der Waals surface area contributed by atoms with Crippen LogP contribution in [0.4, 0.5) is 17.8 Å². The molecule has 4 heterocycles. The van der Waals surface area contributed by atoms with Gasteiger partial charge in [0.2, 0.25) is 17.8 Å². The number of morpholine rings is 2. The number of benzene rings is 1. The number of aromatic nitrogens is 4. The number of nitrogens with zero attached hydrogens (tertiary/aromatic N) is 7. The number of fused-ring (bicyclic) bond motifs is 1. The minimum absolute atomic E-state index is 0.425. The Morgan fingerprint density at radius 2 is 1.52 bits per heavy atom. The fourth-order valence-corrected chi connectivity index (χ4v) is 3.85. The Labute approximate surface area is 180 Å². The minimum Gasteiger partial charge on any atom is -0.378 e. The normalized spacial score (nSPS) is 17.6. The standard InChI is InChI=1S/C21H26N8O2/c1-27-15-16(17-4-2-3-5-18(17)27)14-22-26-19-23-20(28-6-10-30-11-7-28)25-21(24-19)29-8-12-31-13-9-29/h2-5,14-15H,6-13H2,1H3,(H,23,24,25,26)/b22-14-. The number of rotatable bonds is 5. The van der Waals surface area contributed by atoms with Crippen molar-refractivity contribution in [2.75, 3.05) is 67.8 Å². The Kier molecular flexibility index (Phi) is 5.63. The van der Waals surface area contributed by atoms with Gasteiger partial charge in [-0.3, -0.25) is 0 Å². The van der Waals surface area contributed by atoms with Crippen molar-refractivity contribution in [1.82, 2.24) is 19.5 Å². The molecule has 10 nitrogen and oxygen atoms in total. The first-order valence-electron chi connectivity index (χ1n) is 10.5. The van der Waals surface area contributed by atoms with Crippen LogP contribution in [0.25, 0.3) is 10.9 Å². The molecule has 0 saturated carbocycles. The SMILES string of the molecule is Cn1cc(/C=N\Nc2nc(N3CCOCC3)nc(N3CCOCC3)n2)c2ccccc21. The summed E-state index contributed by atoms with van der Waals surface area (Å²) in [6.07, 6.45) is 3.86. The molecule has 5 rings (SSSR count). The quantitative estimate of drug-likeness (QED) is 0.488. The molecular weight excluding hydrogens is 396 g/mol. The van der Waals surface area contributed by atoms with E-state index in [9.17, 15) is 0 Å². The zero-order chi connectivity index (χ0) is 21.0. The highest BCUT2D eigenvalue weighted by Crippen LogP contribution is 2.20.